The minimum Gasteiger partial charge on any atom is -0.469 e. The highest BCUT2D eigenvalue weighted by Gasteiger charge is 2.06. The van der Waals surface area contributed by atoms with Crippen molar-refractivity contribution in [2.24, 2.45) is 0 Å². The predicted molar refractivity (Wildman–Crippen MR) is 78.5 cm³/mol. The largest absolute Gasteiger partial charge is 0.469 e. The van der Waals surface area contributed by atoms with E-state index in [1.807, 2.05) is 30.3 Å². The van der Waals surface area contributed by atoms with E-state index in [9.17, 15) is 4.79 Å². The number of thiophene rings is 1. The van der Waals surface area contributed by atoms with Gasteiger partial charge in [0.1, 0.15) is 0 Å². The van der Waals surface area contributed by atoms with E-state index in [4.69, 9.17) is 5.26 Å². The smallest absolute Gasteiger partial charge is 0.310 e. The molecule has 102 valence electrons. The van der Waals surface area contributed by atoms with Crippen LogP contribution in [0.3, 0.4) is 0 Å². The Morgan fingerprint density at radius 1 is 1.35 bits per heavy atom. The number of ether oxygens (including phenoxy) is 1. The second-order valence-corrected chi connectivity index (χ2v) is 5.42. The van der Waals surface area contributed by atoms with Crippen molar-refractivity contribution in [3.05, 3.63) is 51.7 Å². The zero-order valence-corrected chi connectivity index (χ0v) is 11.9. The number of carbonyl (C=O) groups excluding carboxylic acids is 1. The summed E-state index contributed by atoms with van der Waals surface area (Å²) in [6.45, 7) is 0.667. The van der Waals surface area contributed by atoms with Crippen LogP contribution in [0, 0.1) is 11.3 Å². The molecule has 0 spiro atoms. The standard InChI is InChI=1S/C15H14N2O2S/c1-19-15(18)8-13-5-6-14(20-13)10-17-12-4-2-3-11(7-12)9-16/h2-7,17H,8,10H2,1H3. The molecule has 4 nitrogen and oxygen atoms in total. The Morgan fingerprint density at radius 3 is 2.90 bits per heavy atom. The first-order valence-corrected chi connectivity index (χ1v) is 6.91. The van der Waals surface area contributed by atoms with Crippen LogP contribution in [0.1, 0.15) is 15.3 Å². The highest BCUT2D eigenvalue weighted by molar-refractivity contribution is 7.12. The van der Waals surface area contributed by atoms with Crippen LogP contribution in [-0.2, 0) is 22.5 Å². The molecule has 0 amide bonds. The maximum absolute atomic E-state index is 11.2. The molecule has 2 aromatic rings. The molecule has 5 heteroatoms. The molecule has 1 N–H and O–H groups in total. The maximum atomic E-state index is 11.2. The number of rotatable bonds is 5. The summed E-state index contributed by atoms with van der Waals surface area (Å²) < 4.78 is 4.64. The summed E-state index contributed by atoms with van der Waals surface area (Å²) in [6.07, 6.45) is 0.311. The first-order chi connectivity index (χ1) is 9.71. The highest BCUT2D eigenvalue weighted by Crippen LogP contribution is 2.19. The van der Waals surface area contributed by atoms with Crippen molar-refractivity contribution < 1.29 is 9.53 Å². The molecule has 20 heavy (non-hydrogen) atoms. The van der Waals surface area contributed by atoms with Gasteiger partial charge in [0.2, 0.25) is 0 Å². The minimum absolute atomic E-state index is 0.229. The van der Waals surface area contributed by atoms with Gasteiger partial charge < -0.3 is 10.1 Å². The quantitative estimate of drug-likeness (QED) is 0.858. The Bertz CT molecular complexity index is 643. The van der Waals surface area contributed by atoms with Gasteiger partial charge in [-0.2, -0.15) is 5.26 Å². The van der Waals surface area contributed by atoms with Crippen LogP contribution in [0.15, 0.2) is 36.4 Å². The number of hydrogen-bond donors (Lipinski definition) is 1. The molecule has 0 aliphatic carbocycles. The van der Waals surface area contributed by atoms with Gasteiger partial charge in [0, 0.05) is 22.0 Å². The van der Waals surface area contributed by atoms with E-state index in [1.54, 1.807) is 17.4 Å². The average Bonchev–Trinajstić information content (AvgIpc) is 2.92. The summed E-state index contributed by atoms with van der Waals surface area (Å²) in [6, 6.07) is 13.4. The van der Waals surface area contributed by atoms with Crippen LogP contribution in [0.5, 0.6) is 0 Å². The van der Waals surface area contributed by atoms with Gasteiger partial charge in [-0.15, -0.1) is 11.3 Å². The Labute approximate surface area is 121 Å². The third kappa shape index (κ3) is 3.84. The third-order valence-corrected chi connectivity index (χ3v) is 3.81. The molecule has 0 aliphatic rings. The van der Waals surface area contributed by atoms with E-state index in [0.717, 1.165) is 15.4 Å². The number of nitriles is 1. The van der Waals surface area contributed by atoms with Crippen molar-refractivity contribution in [3.63, 3.8) is 0 Å². The first kappa shape index (κ1) is 14.1. The van der Waals surface area contributed by atoms with E-state index < -0.39 is 0 Å². The third-order valence-electron chi connectivity index (χ3n) is 2.72. The lowest BCUT2D eigenvalue weighted by Gasteiger charge is -2.04. The SMILES string of the molecule is COC(=O)Cc1ccc(CNc2cccc(C#N)c2)s1. The molecular weight excluding hydrogens is 272 g/mol. The number of hydrogen-bond acceptors (Lipinski definition) is 5. The summed E-state index contributed by atoms with van der Waals surface area (Å²) in [5, 5.41) is 12.1. The van der Waals surface area contributed by atoms with Gasteiger partial charge in [-0.3, -0.25) is 4.79 Å². The minimum atomic E-state index is -0.229. The van der Waals surface area contributed by atoms with Crippen LogP contribution >= 0.6 is 11.3 Å². The second kappa shape index (κ2) is 6.73. The zero-order valence-electron chi connectivity index (χ0n) is 11.1. The molecule has 0 saturated carbocycles. The highest BCUT2D eigenvalue weighted by atomic mass is 32.1. The molecule has 0 radical (unpaired) electrons. The van der Waals surface area contributed by atoms with E-state index in [1.165, 1.54) is 7.11 Å². The lowest BCUT2D eigenvalue weighted by Crippen LogP contribution is -2.02. The summed E-state index contributed by atoms with van der Waals surface area (Å²) in [4.78, 5) is 13.3. The van der Waals surface area contributed by atoms with Crippen molar-refractivity contribution in [3.8, 4) is 6.07 Å². The lowest BCUT2D eigenvalue weighted by molar-refractivity contribution is -0.139. The van der Waals surface area contributed by atoms with Gasteiger partial charge >= 0.3 is 5.97 Å². The van der Waals surface area contributed by atoms with Gasteiger partial charge in [-0.1, -0.05) is 6.07 Å². The van der Waals surface area contributed by atoms with Gasteiger partial charge in [0.15, 0.2) is 0 Å². The lowest BCUT2D eigenvalue weighted by atomic mass is 10.2. The van der Waals surface area contributed by atoms with Gasteiger partial charge in [0.25, 0.3) is 0 Å². The summed E-state index contributed by atoms with van der Waals surface area (Å²) >= 11 is 1.58. The van der Waals surface area contributed by atoms with Crippen molar-refractivity contribution in [2.45, 2.75) is 13.0 Å². The van der Waals surface area contributed by atoms with Crippen LogP contribution in [-0.4, -0.2) is 13.1 Å². The van der Waals surface area contributed by atoms with Gasteiger partial charge in [-0.05, 0) is 30.3 Å². The Kier molecular flexibility index (Phi) is 4.75. The van der Waals surface area contributed by atoms with E-state index >= 15 is 0 Å². The van der Waals surface area contributed by atoms with E-state index in [0.29, 0.717) is 18.5 Å². The van der Waals surface area contributed by atoms with Gasteiger partial charge in [-0.25, -0.2) is 0 Å². The van der Waals surface area contributed by atoms with E-state index in [2.05, 4.69) is 16.1 Å². The fourth-order valence-electron chi connectivity index (χ4n) is 1.71. The van der Waals surface area contributed by atoms with Crippen LogP contribution in [0.2, 0.25) is 0 Å². The molecule has 0 saturated heterocycles. The Morgan fingerprint density at radius 2 is 2.15 bits per heavy atom. The molecular formula is C15H14N2O2S. The fraction of sp³-hybridized carbons (Fsp3) is 0.200. The fourth-order valence-corrected chi connectivity index (χ4v) is 2.66. The summed E-state index contributed by atoms with van der Waals surface area (Å²) in [5.74, 6) is -0.229. The second-order valence-electron chi connectivity index (χ2n) is 4.17. The molecule has 0 aliphatic heterocycles. The number of anilines is 1. The number of nitrogens with one attached hydrogen (secondary N) is 1. The van der Waals surface area contributed by atoms with Crippen molar-refractivity contribution >= 4 is 23.0 Å². The molecule has 1 aromatic carbocycles. The number of methoxy groups -OCH3 is 1. The van der Waals surface area contributed by atoms with Crippen LogP contribution < -0.4 is 5.32 Å². The summed E-state index contributed by atoms with van der Waals surface area (Å²) in [7, 11) is 1.39. The molecule has 0 fully saturated rings. The normalized spacial score (nSPS) is 9.80. The van der Waals surface area contributed by atoms with E-state index in [-0.39, 0.29) is 5.97 Å². The molecule has 1 heterocycles. The molecule has 0 atom stereocenters. The molecule has 0 bridgehead atoms. The van der Waals surface area contributed by atoms with Gasteiger partial charge in [0.05, 0.1) is 25.2 Å². The van der Waals surface area contributed by atoms with Crippen LogP contribution in [0.4, 0.5) is 5.69 Å². The predicted octanol–water partition coefficient (Wildman–Crippen LogP) is 2.95. The number of carbonyl (C=O) groups is 1. The van der Waals surface area contributed by atoms with Crippen LogP contribution in [0.25, 0.3) is 0 Å². The van der Waals surface area contributed by atoms with Crippen molar-refractivity contribution in [2.75, 3.05) is 12.4 Å². The number of nitrogens with zero attached hydrogens (tertiary/aromatic N) is 1. The summed E-state index contributed by atoms with van der Waals surface area (Å²) in [5.41, 5.74) is 1.54. The zero-order chi connectivity index (χ0) is 14.4. The first-order valence-electron chi connectivity index (χ1n) is 6.09. The molecule has 0 unspecified atom stereocenters. The average molecular weight is 286 g/mol. The number of benzene rings is 1. The number of esters is 1. The topological polar surface area (TPSA) is 62.1 Å². The monoisotopic (exact) mass is 286 g/mol. The molecule has 1 aromatic heterocycles. The molecule has 2 rings (SSSR count). The van der Waals surface area contributed by atoms with Crippen molar-refractivity contribution in [1.29, 1.82) is 5.26 Å². The Balaban J connectivity index is 1.94. The maximum Gasteiger partial charge on any atom is 0.310 e. The van der Waals surface area contributed by atoms with Crippen molar-refractivity contribution in [1.82, 2.24) is 0 Å². The Hall–Kier alpha value is -2.32.